The normalized spacial score (nSPS) is 12.4. The second kappa shape index (κ2) is 7.74. The monoisotopic (exact) mass is 419 g/mol. The molecule has 8 nitrogen and oxygen atoms in total. The number of nitrogen functional groups attached to an aromatic ring is 2. The first-order valence-corrected chi connectivity index (χ1v) is 9.62. The van der Waals surface area contributed by atoms with Gasteiger partial charge in [0.05, 0.1) is 28.2 Å². The van der Waals surface area contributed by atoms with Crippen LogP contribution in [0.25, 0.3) is 0 Å². The molecule has 0 unspecified atom stereocenters. The standard InChI is InChI=1S/C22H33N3O5/c1-20(2,3)16(26)10-13(23)11(17(27)21(4,5)6)15(12(14(10)24)18(28)29)25-19(30)22(7,8)9/h23-24H2,1-9H3,(H,25,30)(H,28,29). The molecule has 0 radical (unpaired) electrons. The zero-order chi connectivity index (χ0) is 24.0. The highest BCUT2D eigenvalue weighted by Gasteiger charge is 2.38. The molecule has 0 heterocycles. The molecule has 0 atom stereocenters. The van der Waals surface area contributed by atoms with Crippen molar-refractivity contribution in [2.75, 3.05) is 16.8 Å². The van der Waals surface area contributed by atoms with Crippen molar-refractivity contribution in [2.45, 2.75) is 62.3 Å². The highest BCUT2D eigenvalue weighted by atomic mass is 16.4. The van der Waals surface area contributed by atoms with Crippen molar-refractivity contribution in [1.29, 1.82) is 0 Å². The summed E-state index contributed by atoms with van der Waals surface area (Å²) < 4.78 is 0. The van der Waals surface area contributed by atoms with Gasteiger partial charge in [-0.05, 0) is 0 Å². The Bertz CT molecular complexity index is 926. The molecule has 30 heavy (non-hydrogen) atoms. The van der Waals surface area contributed by atoms with Crippen molar-refractivity contribution in [2.24, 2.45) is 16.2 Å². The Balaban J connectivity index is 4.18. The van der Waals surface area contributed by atoms with E-state index in [2.05, 4.69) is 5.32 Å². The van der Waals surface area contributed by atoms with Crippen molar-refractivity contribution in [3.8, 4) is 0 Å². The lowest BCUT2D eigenvalue weighted by molar-refractivity contribution is -0.123. The van der Waals surface area contributed by atoms with Crippen LogP contribution in [0.15, 0.2) is 0 Å². The van der Waals surface area contributed by atoms with Gasteiger partial charge in [-0.25, -0.2) is 4.79 Å². The Labute approximate surface area is 177 Å². The molecule has 0 aliphatic carbocycles. The molecular weight excluding hydrogens is 386 g/mol. The van der Waals surface area contributed by atoms with Gasteiger partial charge in [-0.15, -0.1) is 0 Å². The molecule has 0 aliphatic rings. The summed E-state index contributed by atoms with van der Waals surface area (Å²) in [6.45, 7) is 14.7. The maximum atomic E-state index is 13.3. The molecule has 1 aromatic rings. The molecule has 0 bridgehead atoms. The van der Waals surface area contributed by atoms with E-state index in [0.717, 1.165) is 0 Å². The molecule has 0 aliphatic heterocycles. The molecule has 0 fully saturated rings. The SMILES string of the molecule is CC(C)(C)C(=O)Nc1c(C(=O)O)c(N)c(C(=O)C(C)(C)C)c(N)c1C(=O)C(C)(C)C. The summed E-state index contributed by atoms with van der Waals surface area (Å²) in [7, 11) is 0. The summed E-state index contributed by atoms with van der Waals surface area (Å²) in [6.07, 6.45) is 0. The third-order valence-corrected chi connectivity index (χ3v) is 4.53. The van der Waals surface area contributed by atoms with E-state index >= 15 is 0 Å². The number of hydrogen-bond donors (Lipinski definition) is 4. The van der Waals surface area contributed by atoms with Crippen molar-refractivity contribution in [1.82, 2.24) is 0 Å². The van der Waals surface area contributed by atoms with Gasteiger partial charge in [-0.2, -0.15) is 0 Å². The van der Waals surface area contributed by atoms with Crippen LogP contribution in [0, 0.1) is 16.2 Å². The lowest BCUT2D eigenvalue weighted by Crippen LogP contribution is -2.33. The van der Waals surface area contributed by atoms with E-state index in [4.69, 9.17) is 11.5 Å². The molecule has 1 amide bonds. The van der Waals surface area contributed by atoms with E-state index < -0.39 is 45.3 Å². The highest BCUT2D eigenvalue weighted by molar-refractivity contribution is 6.23. The first kappa shape index (κ1) is 25.1. The number of ketones is 2. The minimum absolute atomic E-state index is 0.221. The smallest absolute Gasteiger partial charge is 0.339 e. The minimum atomic E-state index is -1.48. The largest absolute Gasteiger partial charge is 0.478 e. The van der Waals surface area contributed by atoms with Gasteiger partial charge >= 0.3 is 5.97 Å². The Morgan fingerprint density at radius 2 is 1.03 bits per heavy atom. The number of aromatic carboxylic acids is 1. The summed E-state index contributed by atoms with van der Waals surface area (Å²) in [5.74, 6) is -3.03. The van der Waals surface area contributed by atoms with Gasteiger partial charge in [0, 0.05) is 16.2 Å². The summed E-state index contributed by atoms with van der Waals surface area (Å²) in [6, 6.07) is 0. The Morgan fingerprint density at radius 3 is 1.37 bits per heavy atom. The lowest BCUT2D eigenvalue weighted by Gasteiger charge is -2.28. The topological polar surface area (TPSA) is 153 Å². The number of nitrogens with one attached hydrogen (secondary N) is 1. The molecule has 1 rings (SSSR count). The molecule has 6 N–H and O–H groups in total. The number of carbonyl (C=O) groups is 4. The number of carbonyl (C=O) groups excluding carboxylic acids is 3. The average molecular weight is 420 g/mol. The second-order valence-corrected chi connectivity index (χ2v) is 10.5. The summed E-state index contributed by atoms with van der Waals surface area (Å²) in [4.78, 5) is 51.1. The van der Waals surface area contributed by atoms with Crippen molar-refractivity contribution >= 4 is 40.5 Å². The third kappa shape index (κ3) is 4.80. The van der Waals surface area contributed by atoms with Gasteiger partial charge in [0.25, 0.3) is 0 Å². The number of rotatable bonds is 4. The van der Waals surface area contributed by atoms with E-state index in [-0.39, 0.29) is 28.2 Å². The van der Waals surface area contributed by atoms with E-state index in [1.165, 1.54) is 0 Å². The van der Waals surface area contributed by atoms with E-state index in [0.29, 0.717) is 0 Å². The second-order valence-electron chi connectivity index (χ2n) is 10.5. The number of benzene rings is 1. The summed E-state index contributed by atoms with van der Waals surface area (Å²) >= 11 is 0. The molecule has 8 heteroatoms. The van der Waals surface area contributed by atoms with Crippen molar-refractivity contribution in [3.63, 3.8) is 0 Å². The quantitative estimate of drug-likeness (QED) is 0.425. The Morgan fingerprint density at radius 1 is 0.667 bits per heavy atom. The van der Waals surface area contributed by atoms with Crippen LogP contribution >= 0.6 is 0 Å². The predicted octanol–water partition coefficient (Wildman–Crippen LogP) is 3.99. The zero-order valence-electron chi connectivity index (χ0n) is 19.2. The van der Waals surface area contributed by atoms with Crippen molar-refractivity contribution in [3.05, 3.63) is 16.7 Å². The zero-order valence-corrected chi connectivity index (χ0v) is 19.2. The number of hydrogen-bond acceptors (Lipinski definition) is 6. The molecule has 1 aromatic carbocycles. The third-order valence-electron chi connectivity index (χ3n) is 4.53. The van der Waals surface area contributed by atoms with Gasteiger partial charge in [0.1, 0.15) is 5.56 Å². The summed E-state index contributed by atoms with van der Waals surface area (Å²) in [5, 5.41) is 12.4. The molecule has 0 saturated heterocycles. The molecular formula is C22H33N3O5. The summed E-state index contributed by atoms with van der Waals surface area (Å²) in [5.41, 5.74) is 7.71. The van der Waals surface area contributed by atoms with Gasteiger partial charge in [-0.1, -0.05) is 62.3 Å². The Kier molecular flexibility index (Phi) is 6.48. The molecule has 0 spiro atoms. The maximum absolute atomic E-state index is 13.3. The van der Waals surface area contributed by atoms with Crippen LogP contribution in [0.4, 0.5) is 17.1 Å². The minimum Gasteiger partial charge on any atom is -0.478 e. The fourth-order valence-electron chi connectivity index (χ4n) is 2.67. The predicted molar refractivity (Wildman–Crippen MR) is 118 cm³/mol. The number of amides is 1. The van der Waals surface area contributed by atoms with Crippen LogP contribution < -0.4 is 16.8 Å². The highest BCUT2D eigenvalue weighted by Crippen LogP contribution is 2.42. The van der Waals surface area contributed by atoms with Crippen LogP contribution in [0.1, 0.15) is 93.4 Å². The van der Waals surface area contributed by atoms with Gasteiger partial charge in [0.15, 0.2) is 11.6 Å². The number of carboxylic acids is 1. The van der Waals surface area contributed by atoms with Crippen LogP contribution in [0.3, 0.4) is 0 Å². The molecule has 166 valence electrons. The Hall–Kier alpha value is -2.90. The first-order chi connectivity index (χ1) is 13.2. The maximum Gasteiger partial charge on any atom is 0.339 e. The van der Waals surface area contributed by atoms with Crippen LogP contribution in [0.2, 0.25) is 0 Å². The van der Waals surface area contributed by atoms with Crippen LogP contribution in [-0.4, -0.2) is 28.5 Å². The lowest BCUT2D eigenvalue weighted by atomic mass is 9.79. The average Bonchev–Trinajstić information content (AvgIpc) is 2.51. The van der Waals surface area contributed by atoms with Crippen LogP contribution in [0.5, 0.6) is 0 Å². The number of nitrogens with two attached hydrogens (primary N) is 2. The van der Waals surface area contributed by atoms with E-state index in [1.54, 1.807) is 62.3 Å². The molecule has 0 saturated carbocycles. The fourth-order valence-corrected chi connectivity index (χ4v) is 2.67. The number of anilines is 3. The van der Waals surface area contributed by atoms with Crippen LogP contribution in [-0.2, 0) is 4.79 Å². The number of carboxylic acid groups (broad SMARTS) is 1. The first-order valence-electron chi connectivity index (χ1n) is 9.62. The van der Waals surface area contributed by atoms with E-state index in [1.807, 2.05) is 0 Å². The molecule has 0 aromatic heterocycles. The van der Waals surface area contributed by atoms with Crippen molar-refractivity contribution < 1.29 is 24.3 Å². The van der Waals surface area contributed by atoms with E-state index in [9.17, 15) is 24.3 Å². The van der Waals surface area contributed by atoms with Gasteiger partial charge < -0.3 is 21.9 Å². The van der Waals surface area contributed by atoms with Gasteiger partial charge in [0.2, 0.25) is 5.91 Å². The number of Topliss-reactive ketones (excluding diaryl/α,β-unsaturated/α-hetero) is 2. The van der Waals surface area contributed by atoms with Gasteiger partial charge in [-0.3, -0.25) is 14.4 Å². The fraction of sp³-hybridized carbons (Fsp3) is 0.545.